The molecule has 4 nitrogen and oxygen atoms in total. The molecule has 0 unspecified atom stereocenters. The lowest BCUT2D eigenvalue weighted by molar-refractivity contribution is -0.00734. The molecule has 0 aromatic carbocycles. The van der Waals surface area contributed by atoms with E-state index in [1.807, 2.05) is 13.8 Å². The summed E-state index contributed by atoms with van der Waals surface area (Å²) < 4.78 is 14.1. The molecule has 0 radical (unpaired) electrons. The fraction of sp³-hybridized carbons (Fsp3) is 0.875. The van der Waals surface area contributed by atoms with Crippen LogP contribution in [0.2, 0.25) is 0 Å². The number of hydrogen-bond donors (Lipinski definition) is 0. The molecule has 0 atom stereocenters. The molecular weight excluding hydrogens is 160 g/mol. The molecule has 0 aromatic rings. The van der Waals surface area contributed by atoms with Crippen molar-refractivity contribution in [3.05, 3.63) is 0 Å². The lowest BCUT2D eigenvalue weighted by atomic mass is 10.1. The molecule has 12 heavy (non-hydrogen) atoms. The lowest BCUT2D eigenvalue weighted by Gasteiger charge is -2.21. The van der Waals surface area contributed by atoms with Gasteiger partial charge in [0.05, 0.1) is 19.3 Å². The van der Waals surface area contributed by atoms with Crippen molar-refractivity contribution in [3.8, 4) is 0 Å². The average Bonchev–Trinajstić information content (AvgIpc) is 2.04. The van der Waals surface area contributed by atoms with Crippen molar-refractivity contribution in [2.24, 2.45) is 0 Å². The molecule has 0 saturated heterocycles. The highest BCUT2D eigenvalue weighted by Gasteiger charge is 2.16. The second-order valence-electron chi connectivity index (χ2n) is 3.02. The molecule has 0 aliphatic carbocycles. The maximum absolute atomic E-state index is 10.5. The van der Waals surface area contributed by atoms with Gasteiger partial charge in [-0.05, 0) is 13.8 Å². The number of rotatable bonds is 4. The van der Waals surface area contributed by atoms with Crippen LogP contribution in [0.15, 0.2) is 0 Å². The van der Waals surface area contributed by atoms with Crippen molar-refractivity contribution < 1.29 is 19.0 Å². The summed E-state index contributed by atoms with van der Waals surface area (Å²) in [7, 11) is 2.90. The normalized spacial score (nSPS) is 11.0. The summed E-state index contributed by atoms with van der Waals surface area (Å²) in [6.45, 7) is 4.16. The Morgan fingerprint density at radius 2 is 1.92 bits per heavy atom. The largest absolute Gasteiger partial charge is 0.507 e. The minimum absolute atomic E-state index is 0.256. The van der Waals surface area contributed by atoms with Crippen molar-refractivity contribution in [1.82, 2.24) is 0 Å². The van der Waals surface area contributed by atoms with Crippen molar-refractivity contribution in [1.29, 1.82) is 0 Å². The van der Waals surface area contributed by atoms with Gasteiger partial charge in [-0.25, -0.2) is 4.79 Å². The molecule has 0 aliphatic rings. The fourth-order valence-corrected chi connectivity index (χ4v) is 0.541. The second kappa shape index (κ2) is 4.98. The van der Waals surface area contributed by atoms with Gasteiger partial charge in [-0.2, -0.15) is 0 Å². The zero-order valence-electron chi connectivity index (χ0n) is 8.05. The van der Waals surface area contributed by atoms with Gasteiger partial charge in [0, 0.05) is 13.5 Å². The van der Waals surface area contributed by atoms with Gasteiger partial charge in [0.25, 0.3) is 0 Å². The molecule has 0 fully saturated rings. The van der Waals surface area contributed by atoms with E-state index < -0.39 is 6.16 Å². The first-order chi connectivity index (χ1) is 5.52. The van der Waals surface area contributed by atoms with Gasteiger partial charge in [0.1, 0.15) is 0 Å². The maximum atomic E-state index is 10.5. The van der Waals surface area contributed by atoms with Crippen molar-refractivity contribution in [3.63, 3.8) is 0 Å². The molecule has 0 aromatic heterocycles. The smallest absolute Gasteiger partial charge is 0.438 e. The average molecular weight is 176 g/mol. The number of carbonyl (C=O) groups excluding carboxylic acids is 1. The van der Waals surface area contributed by atoms with Gasteiger partial charge in [-0.3, -0.25) is 0 Å². The van der Waals surface area contributed by atoms with Crippen molar-refractivity contribution in [2.45, 2.75) is 25.9 Å². The van der Waals surface area contributed by atoms with Crippen LogP contribution in [0.25, 0.3) is 0 Å². The van der Waals surface area contributed by atoms with Crippen LogP contribution in [-0.2, 0) is 14.2 Å². The Morgan fingerprint density at radius 3 is 2.33 bits per heavy atom. The van der Waals surface area contributed by atoms with Gasteiger partial charge in [0.15, 0.2) is 0 Å². The number of hydrogen-bond acceptors (Lipinski definition) is 4. The van der Waals surface area contributed by atoms with Crippen LogP contribution >= 0.6 is 0 Å². The van der Waals surface area contributed by atoms with Gasteiger partial charge < -0.3 is 14.2 Å². The Kier molecular flexibility index (Phi) is 4.66. The Bertz CT molecular complexity index is 142. The first kappa shape index (κ1) is 11.2. The predicted molar refractivity (Wildman–Crippen MR) is 44.1 cm³/mol. The number of methoxy groups -OCH3 is 2. The molecule has 0 rings (SSSR count). The van der Waals surface area contributed by atoms with Crippen LogP contribution in [0.4, 0.5) is 4.79 Å². The van der Waals surface area contributed by atoms with E-state index in [2.05, 4.69) is 9.47 Å². The Labute approximate surface area is 72.8 Å². The molecule has 0 bridgehead atoms. The lowest BCUT2D eigenvalue weighted by Crippen LogP contribution is -2.25. The van der Waals surface area contributed by atoms with Gasteiger partial charge in [0.2, 0.25) is 0 Å². The van der Waals surface area contributed by atoms with E-state index in [-0.39, 0.29) is 5.60 Å². The molecule has 0 heterocycles. The van der Waals surface area contributed by atoms with Crippen LogP contribution < -0.4 is 0 Å². The molecule has 0 amide bonds. The quantitative estimate of drug-likeness (QED) is 0.610. The number of carbonyl (C=O) groups is 1. The highest BCUT2D eigenvalue weighted by molar-refractivity contribution is 5.59. The molecule has 0 saturated carbocycles. The standard InChI is InChI=1S/C8H16O4/c1-8(2,11-4)5-6-12-7(9)10-3/h5-6H2,1-4H3. The second-order valence-corrected chi connectivity index (χ2v) is 3.02. The summed E-state index contributed by atoms with van der Waals surface area (Å²) in [5, 5.41) is 0. The monoisotopic (exact) mass is 176 g/mol. The maximum Gasteiger partial charge on any atom is 0.507 e. The Hall–Kier alpha value is -0.770. The van der Waals surface area contributed by atoms with Crippen molar-refractivity contribution >= 4 is 6.16 Å². The molecule has 0 aliphatic heterocycles. The predicted octanol–water partition coefficient (Wildman–Crippen LogP) is 1.58. The van der Waals surface area contributed by atoms with Crippen LogP contribution in [0.5, 0.6) is 0 Å². The first-order valence-corrected chi connectivity index (χ1v) is 3.78. The zero-order valence-corrected chi connectivity index (χ0v) is 8.05. The Balaban J connectivity index is 3.49. The highest BCUT2D eigenvalue weighted by Crippen LogP contribution is 2.12. The molecule has 0 N–H and O–H groups in total. The third-order valence-corrected chi connectivity index (χ3v) is 1.64. The van der Waals surface area contributed by atoms with Crippen LogP contribution in [0, 0.1) is 0 Å². The highest BCUT2D eigenvalue weighted by atomic mass is 16.7. The summed E-state index contributed by atoms with van der Waals surface area (Å²) >= 11 is 0. The summed E-state index contributed by atoms with van der Waals surface area (Å²) in [5.41, 5.74) is -0.256. The summed E-state index contributed by atoms with van der Waals surface area (Å²) in [6, 6.07) is 0. The molecule has 4 heteroatoms. The zero-order chi connectivity index (χ0) is 9.61. The Morgan fingerprint density at radius 1 is 1.33 bits per heavy atom. The molecular formula is C8H16O4. The van der Waals surface area contributed by atoms with Gasteiger partial charge in [-0.15, -0.1) is 0 Å². The minimum Gasteiger partial charge on any atom is -0.438 e. The summed E-state index contributed by atoms with van der Waals surface area (Å²) in [6.07, 6.45) is 0.000373. The third-order valence-electron chi connectivity index (χ3n) is 1.64. The SMILES string of the molecule is COC(=O)OCCC(C)(C)OC. The van der Waals surface area contributed by atoms with E-state index in [0.29, 0.717) is 13.0 Å². The third kappa shape index (κ3) is 4.96. The molecule has 72 valence electrons. The minimum atomic E-state index is -0.651. The number of ether oxygens (including phenoxy) is 3. The van der Waals surface area contributed by atoms with E-state index in [4.69, 9.17) is 4.74 Å². The van der Waals surface area contributed by atoms with E-state index in [0.717, 1.165) is 0 Å². The topological polar surface area (TPSA) is 44.8 Å². The summed E-state index contributed by atoms with van der Waals surface area (Å²) in [5.74, 6) is 0. The molecule has 0 spiro atoms. The van der Waals surface area contributed by atoms with Crippen LogP contribution in [-0.4, -0.2) is 32.6 Å². The van der Waals surface area contributed by atoms with Crippen LogP contribution in [0.1, 0.15) is 20.3 Å². The van der Waals surface area contributed by atoms with Gasteiger partial charge >= 0.3 is 6.16 Å². The van der Waals surface area contributed by atoms with E-state index in [1.165, 1.54) is 7.11 Å². The van der Waals surface area contributed by atoms with E-state index in [9.17, 15) is 4.79 Å². The first-order valence-electron chi connectivity index (χ1n) is 3.78. The van der Waals surface area contributed by atoms with E-state index >= 15 is 0 Å². The van der Waals surface area contributed by atoms with Gasteiger partial charge in [-0.1, -0.05) is 0 Å². The summed E-state index contributed by atoms with van der Waals surface area (Å²) in [4.78, 5) is 10.5. The fourth-order valence-electron chi connectivity index (χ4n) is 0.541. The van der Waals surface area contributed by atoms with Crippen LogP contribution in [0.3, 0.4) is 0 Å². The van der Waals surface area contributed by atoms with Crippen molar-refractivity contribution in [2.75, 3.05) is 20.8 Å². The van der Waals surface area contributed by atoms with E-state index in [1.54, 1.807) is 7.11 Å².